The van der Waals surface area contributed by atoms with Crippen LogP contribution in [0.4, 0.5) is 21.5 Å². The Labute approximate surface area is 114 Å². The number of amides is 1. The molecule has 1 aliphatic heterocycles. The van der Waals surface area contributed by atoms with Crippen LogP contribution in [0.25, 0.3) is 0 Å². The highest BCUT2D eigenvalue weighted by molar-refractivity contribution is 6.51. The highest BCUT2D eigenvalue weighted by atomic mass is 19.1. The molecule has 3 rings (SSSR count). The Hall–Kier alpha value is -2.69. The molecular weight excluding hydrogens is 259 g/mol. The summed E-state index contributed by atoms with van der Waals surface area (Å²) >= 11 is 0. The van der Waals surface area contributed by atoms with Crippen LogP contribution < -0.4 is 10.2 Å². The van der Waals surface area contributed by atoms with Gasteiger partial charge in [0.2, 0.25) is 0 Å². The number of carbonyl (C=O) groups is 2. The number of nitrogens with one attached hydrogen (secondary N) is 1. The van der Waals surface area contributed by atoms with Crippen LogP contribution >= 0.6 is 0 Å². The number of fused-ring (bicyclic) bond motifs is 1. The lowest BCUT2D eigenvalue weighted by Crippen LogP contribution is -2.12. The average molecular weight is 270 g/mol. The third kappa shape index (κ3) is 1.93. The molecule has 0 aromatic heterocycles. The molecule has 1 heterocycles. The van der Waals surface area contributed by atoms with Crippen LogP contribution in [0.15, 0.2) is 42.5 Å². The number of hydrogen-bond donors (Lipinski definition) is 1. The third-order valence-corrected chi connectivity index (χ3v) is 3.29. The Kier molecular flexibility index (Phi) is 2.75. The number of rotatable bonds is 2. The summed E-state index contributed by atoms with van der Waals surface area (Å²) in [5.41, 5.74) is 2.29. The number of hydrogen-bond acceptors (Lipinski definition) is 3. The van der Waals surface area contributed by atoms with Gasteiger partial charge in [-0.05, 0) is 36.4 Å². The summed E-state index contributed by atoms with van der Waals surface area (Å²) < 4.78 is 13.2. The SMILES string of the molecule is CN(c1cccc(F)c1)c1ccc2c(c1)NC(=O)C2=O. The molecule has 20 heavy (non-hydrogen) atoms. The van der Waals surface area contributed by atoms with Crippen LogP contribution in [0.1, 0.15) is 10.4 Å². The third-order valence-electron chi connectivity index (χ3n) is 3.29. The number of carbonyl (C=O) groups excluding carboxylic acids is 2. The van der Waals surface area contributed by atoms with E-state index >= 15 is 0 Å². The first kappa shape index (κ1) is 12.3. The fraction of sp³-hybridized carbons (Fsp3) is 0.0667. The second kappa shape index (κ2) is 4.45. The molecule has 0 atom stereocenters. The van der Waals surface area contributed by atoms with E-state index in [0.717, 1.165) is 5.69 Å². The molecule has 4 nitrogen and oxygen atoms in total. The molecule has 2 aromatic carbocycles. The molecule has 5 heteroatoms. The van der Waals surface area contributed by atoms with Gasteiger partial charge in [0.25, 0.3) is 11.7 Å². The smallest absolute Gasteiger partial charge is 0.296 e. The van der Waals surface area contributed by atoms with Gasteiger partial charge in [0.05, 0.1) is 11.3 Å². The highest BCUT2D eigenvalue weighted by Gasteiger charge is 2.28. The maximum atomic E-state index is 13.2. The molecule has 0 fully saturated rings. The van der Waals surface area contributed by atoms with E-state index < -0.39 is 11.7 Å². The molecule has 0 radical (unpaired) electrons. The van der Waals surface area contributed by atoms with Gasteiger partial charge in [-0.3, -0.25) is 9.59 Å². The molecular formula is C15H11FN2O2. The molecule has 0 bridgehead atoms. The van der Waals surface area contributed by atoms with Crippen molar-refractivity contribution in [3.05, 3.63) is 53.8 Å². The van der Waals surface area contributed by atoms with Gasteiger partial charge >= 0.3 is 0 Å². The predicted molar refractivity (Wildman–Crippen MR) is 73.9 cm³/mol. The molecule has 2 aromatic rings. The average Bonchev–Trinajstić information content (AvgIpc) is 2.73. The first-order valence-electron chi connectivity index (χ1n) is 6.05. The molecule has 0 spiro atoms. The lowest BCUT2D eigenvalue weighted by molar-refractivity contribution is -0.112. The Morgan fingerprint density at radius 3 is 2.55 bits per heavy atom. The zero-order valence-electron chi connectivity index (χ0n) is 10.7. The van der Waals surface area contributed by atoms with Gasteiger partial charge in [0, 0.05) is 18.4 Å². The summed E-state index contributed by atoms with van der Waals surface area (Å²) in [5.74, 6) is -1.47. The minimum Gasteiger partial charge on any atom is -0.344 e. The van der Waals surface area contributed by atoms with Gasteiger partial charge in [-0.15, -0.1) is 0 Å². The number of anilines is 3. The van der Waals surface area contributed by atoms with Crippen molar-refractivity contribution >= 4 is 28.8 Å². The Morgan fingerprint density at radius 2 is 1.80 bits per heavy atom. The van der Waals surface area contributed by atoms with Gasteiger partial charge in [-0.2, -0.15) is 0 Å². The zero-order chi connectivity index (χ0) is 14.3. The van der Waals surface area contributed by atoms with Crippen LogP contribution in [0.2, 0.25) is 0 Å². The molecule has 0 aliphatic carbocycles. The van der Waals surface area contributed by atoms with E-state index in [1.807, 2.05) is 0 Å². The van der Waals surface area contributed by atoms with Gasteiger partial charge < -0.3 is 10.2 Å². The van der Waals surface area contributed by atoms with Crippen LogP contribution in [0.3, 0.4) is 0 Å². The molecule has 1 aliphatic rings. The van der Waals surface area contributed by atoms with Crippen molar-refractivity contribution in [3.8, 4) is 0 Å². The van der Waals surface area contributed by atoms with Crippen molar-refractivity contribution in [1.29, 1.82) is 0 Å². The summed E-state index contributed by atoms with van der Waals surface area (Å²) in [6.07, 6.45) is 0. The Morgan fingerprint density at radius 1 is 1.05 bits per heavy atom. The maximum absolute atomic E-state index is 13.2. The minimum atomic E-state index is -0.620. The fourth-order valence-electron chi connectivity index (χ4n) is 2.18. The summed E-state index contributed by atoms with van der Waals surface area (Å²) in [6.45, 7) is 0. The lowest BCUT2D eigenvalue weighted by atomic mass is 10.1. The van der Waals surface area contributed by atoms with Crippen molar-refractivity contribution in [3.63, 3.8) is 0 Å². The first-order chi connectivity index (χ1) is 9.56. The van der Waals surface area contributed by atoms with Crippen molar-refractivity contribution in [1.82, 2.24) is 0 Å². The van der Waals surface area contributed by atoms with Crippen LogP contribution in [-0.2, 0) is 4.79 Å². The standard InChI is InChI=1S/C15H11FN2O2/c1-18(10-4-2-3-9(16)7-10)11-5-6-12-13(8-11)17-15(20)14(12)19/h2-8H,1H3,(H,17,19,20). The van der Waals surface area contributed by atoms with E-state index in [1.165, 1.54) is 12.1 Å². The van der Waals surface area contributed by atoms with Crippen LogP contribution in [0.5, 0.6) is 0 Å². The largest absolute Gasteiger partial charge is 0.344 e. The molecule has 0 unspecified atom stereocenters. The van der Waals surface area contributed by atoms with Crippen molar-refractivity contribution in [2.45, 2.75) is 0 Å². The molecule has 0 saturated carbocycles. The van der Waals surface area contributed by atoms with Gasteiger partial charge in [0.15, 0.2) is 0 Å². The second-order valence-corrected chi connectivity index (χ2v) is 4.55. The number of benzene rings is 2. The minimum absolute atomic E-state index is 0.320. The molecule has 1 amide bonds. The van der Waals surface area contributed by atoms with Gasteiger partial charge in [-0.1, -0.05) is 6.07 Å². The Bertz CT molecular complexity index is 728. The quantitative estimate of drug-likeness (QED) is 0.854. The topological polar surface area (TPSA) is 49.4 Å². The van der Waals surface area contributed by atoms with Gasteiger partial charge in [0.1, 0.15) is 5.82 Å². The summed E-state index contributed by atoms with van der Waals surface area (Å²) in [7, 11) is 1.79. The first-order valence-corrected chi connectivity index (χ1v) is 6.05. The molecule has 100 valence electrons. The summed E-state index contributed by atoms with van der Waals surface area (Å²) in [4.78, 5) is 24.6. The fourth-order valence-corrected chi connectivity index (χ4v) is 2.18. The van der Waals surface area contributed by atoms with E-state index in [-0.39, 0.29) is 5.82 Å². The predicted octanol–water partition coefficient (Wildman–Crippen LogP) is 2.73. The van der Waals surface area contributed by atoms with E-state index in [1.54, 1.807) is 42.3 Å². The highest BCUT2D eigenvalue weighted by Crippen LogP contribution is 2.31. The number of Topliss-reactive ketones (excluding diaryl/α,β-unsaturated/α-hetero) is 1. The van der Waals surface area contributed by atoms with E-state index in [0.29, 0.717) is 16.9 Å². The van der Waals surface area contributed by atoms with Crippen molar-refractivity contribution in [2.24, 2.45) is 0 Å². The monoisotopic (exact) mass is 270 g/mol. The number of ketones is 1. The zero-order valence-corrected chi connectivity index (χ0v) is 10.7. The number of nitrogens with zero attached hydrogens (tertiary/aromatic N) is 1. The maximum Gasteiger partial charge on any atom is 0.296 e. The summed E-state index contributed by atoms with van der Waals surface area (Å²) in [5, 5.41) is 2.52. The molecule has 0 saturated heterocycles. The van der Waals surface area contributed by atoms with Crippen LogP contribution in [0, 0.1) is 5.82 Å². The second-order valence-electron chi connectivity index (χ2n) is 4.55. The van der Waals surface area contributed by atoms with Crippen molar-refractivity contribution < 1.29 is 14.0 Å². The summed E-state index contributed by atoms with van der Waals surface area (Å²) in [6, 6.07) is 11.2. The Balaban J connectivity index is 1.98. The van der Waals surface area contributed by atoms with Crippen molar-refractivity contribution in [2.75, 3.05) is 17.3 Å². The number of halogens is 1. The van der Waals surface area contributed by atoms with E-state index in [9.17, 15) is 14.0 Å². The molecule has 1 N–H and O–H groups in total. The normalized spacial score (nSPS) is 13.1. The van der Waals surface area contributed by atoms with E-state index in [4.69, 9.17) is 0 Å². The van der Waals surface area contributed by atoms with E-state index in [2.05, 4.69) is 5.32 Å². The lowest BCUT2D eigenvalue weighted by Gasteiger charge is -2.20. The van der Waals surface area contributed by atoms with Crippen LogP contribution in [-0.4, -0.2) is 18.7 Å². The van der Waals surface area contributed by atoms with Gasteiger partial charge in [-0.25, -0.2) is 4.39 Å².